The van der Waals surface area contributed by atoms with E-state index in [1.54, 1.807) is 0 Å². The summed E-state index contributed by atoms with van der Waals surface area (Å²) in [5.74, 6) is 1.06. The lowest BCUT2D eigenvalue weighted by Crippen LogP contribution is -2.53. The predicted molar refractivity (Wildman–Crippen MR) is 142 cm³/mol. The molecular weight excluding hydrogens is 434 g/mol. The van der Waals surface area contributed by atoms with E-state index in [1.807, 2.05) is 61.7 Å². The number of piperazine rings is 1. The first-order chi connectivity index (χ1) is 17.2. The number of amides is 1. The number of hydrogen-bond donors (Lipinski definition) is 1. The van der Waals surface area contributed by atoms with E-state index in [9.17, 15) is 4.79 Å². The molecule has 2 aliphatic heterocycles. The van der Waals surface area contributed by atoms with Crippen LogP contribution in [0.4, 0.5) is 11.5 Å². The van der Waals surface area contributed by atoms with Gasteiger partial charge in [-0.05, 0) is 61.7 Å². The number of pyridine rings is 1. The van der Waals surface area contributed by atoms with Gasteiger partial charge in [-0.1, -0.05) is 36.4 Å². The van der Waals surface area contributed by atoms with Crippen molar-refractivity contribution in [1.82, 2.24) is 15.2 Å². The number of nitrogens with zero attached hydrogens (tertiary/aromatic N) is 4. The summed E-state index contributed by atoms with van der Waals surface area (Å²) in [6, 6.07) is 24.9. The maximum Gasteiger partial charge on any atom is 0.251 e. The van der Waals surface area contributed by atoms with Gasteiger partial charge in [0.05, 0.1) is 6.04 Å². The Bertz CT molecular complexity index is 1070. The van der Waals surface area contributed by atoms with Crippen LogP contribution in [0, 0.1) is 0 Å². The van der Waals surface area contributed by atoms with Gasteiger partial charge in [0.1, 0.15) is 5.82 Å². The van der Waals surface area contributed by atoms with E-state index in [0.717, 1.165) is 50.6 Å². The molecule has 6 nitrogen and oxygen atoms in total. The van der Waals surface area contributed by atoms with Crippen LogP contribution in [0.5, 0.6) is 0 Å². The summed E-state index contributed by atoms with van der Waals surface area (Å²) >= 11 is 0. The maximum atomic E-state index is 12.7. The Morgan fingerprint density at radius 1 is 0.829 bits per heavy atom. The molecule has 0 radical (unpaired) electrons. The van der Waals surface area contributed by atoms with E-state index < -0.39 is 0 Å². The molecule has 6 heteroatoms. The van der Waals surface area contributed by atoms with Crippen molar-refractivity contribution in [2.45, 2.75) is 31.8 Å². The molecule has 2 aromatic carbocycles. The van der Waals surface area contributed by atoms with Gasteiger partial charge >= 0.3 is 0 Å². The lowest BCUT2D eigenvalue weighted by molar-refractivity contribution is 0.0940. The van der Waals surface area contributed by atoms with Gasteiger partial charge < -0.3 is 15.1 Å². The Balaban J connectivity index is 1.09. The van der Waals surface area contributed by atoms with Gasteiger partial charge in [0, 0.05) is 62.8 Å². The minimum Gasteiger partial charge on any atom is -0.371 e. The summed E-state index contributed by atoms with van der Waals surface area (Å²) in [7, 11) is 0. The highest BCUT2D eigenvalue weighted by molar-refractivity contribution is 5.94. The Morgan fingerprint density at radius 2 is 1.51 bits per heavy atom. The quantitative estimate of drug-likeness (QED) is 0.581. The average Bonchev–Trinajstić information content (AvgIpc) is 2.94. The molecule has 0 spiro atoms. The van der Waals surface area contributed by atoms with Crippen LogP contribution in [0.2, 0.25) is 0 Å². The van der Waals surface area contributed by atoms with Gasteiger partial charge in [0.25, 0.3) is 5.91 Å². The zero-order chi connectivity index (χ0) is 24.0. The van der Waals surface area contributed by atoms with Gasteiger partial charge in [0.2, 0.25) is 0 Å². The Labute approximate surface area is 208 Å². The predicted octanol–water partition coefficient (Wildman–Crippen LogP) is 4.36. The molecule has 0 saturated carbocycles. The smallest absolute Gasteiger partial charge is 0.251 e. The fourth-order valence-electron chi connectivity index (χ4n) is 5.27. The number of hydrogen-bond acceptors (Lipinski definition) is 5. The third kappa shape index (κ3) is 5.65. The topological polar surface area (TPSA) is 51.7 Å². The molecule has 1 atom stereocenters. The van der Waals surface area contributed by atoms with Gasteiger partial charge in [0.15, 0.2) is 0 Å². The molecule has 5 rings (SSSR count). The van der Waals surface area contributed by atoms with Crippen molar-refractivity contribution in [3.8, 4) is 0 Å². The number of piperidine rings is 1. The highest BCUT2D eigenvalue weighted by Crippen LogP contribution is 2.25. The van der Waals surface area contributed by atoms with E-state index in [4.69, 9.17) is 0 Å². The second kappa shape index (κ2) is 10.9. The van der Waals surface area contributed by atoms with E-state index >= 15 is 0 Å². The van der Waals surface area contributed by atoms with Gasteiger partial charge in [-0.3, -0.25) is 9.69 Å². The standard InChI is InChI=1S/C29H35N5O/c1-23(24-7-3-2-4-8-24)31-29(35)25-10-12-26(13-11-25)32-17-14-27(15-18-32)33-19-21-34(22-20-33)28-9-5-6-16-30-28/h2-13,16,23,27H,14-15,17-22H2,1H3,(H,31,35)/t23-/m1/s1. The van der Waals surface area contributed by atoms with Crippen molar-refractivity contribution in [2.24, 2.45) is 0 Å². The molecule has 2 saturated heterocycles. The molecular formula is C29H35N5O. The molecule has 0 bridgehead atoms. The maximum absolute atomic E-state index is 12.7. The van der Waals surface area contributed by atoms with E-state index in [0.29, 0.717) is 11.6 Å². The van der Waals surface area contributed by atoms with Crippen molar-refractivity contribution in [1.29, 1.82) is 0 Å². The molecule has 1 amide bonds. The largest absolute Gasteiger partial charge is 0.371 e. The van der Waals surface area contributed by atoms with Gasteiger partial charge in [-0.2, -0.15) is 0 Å². The number of carbonyl (C=O) groups is 1. The summed E-state index contributed by atoms with van der Waals surface area (Å²) in [5.41, 5.74) is 3.02. The second-order valence-corrected chi connectivity index (χ2v) is 9.58. The first-order valence-electron chi connectivity index (χ1n) is 12.8. The zero-order valence-electron chi connectivity index (χ0n) is 20.5. The molecule has 3 aromatic rings. The summed E-state index contributed by atoms with van der Waals surface area (Å²) in [6.45, 7) is 8.43. The number of nitrogens with one attached hydrogen (secondary N) is 1. The third-order valence-corrected chi connectivity index (χ3v) is 7.41. The lowest BCUT2D eigenvalue weighted by atomic mass is 10.0. The molecule has 182 valence electrons. The summed E-state index contributed by atoms with van der Waals surface area (Å²) < 4.78 is 0. The summed E-state index contributed by atoms with van der Waals surface area (Å²) in [5, 5.41) is 3.10. The fraction of sp³-hybridized carbons (Fsp3) is 0.379. The number of carbonyl (C=O) groups excluding carboxylic acids is 1. The van der Waals surface area contributed by atoms with Crippen molar-refractivity contribution < 1.29 is 4.79 Å². The van der Waals surface area contributed by atoms with Crippen LogP contribution in [-0.4, -0.2) is 61.1 Å². The lowest BCUT2D eigenvalue weighted by Gasteiger charge is -2.43. The monoisotopic (exact) mass is 469 g/mol. The van der Waals surface area contributed by atoms with Crippen LogP contribution in [-0.2, 0) is 0 Å². The third-order valence-electron chi connectivity index (χ3n) is 7.41. The number of benzene rings is 2. The zero-order valence-corrected chi connectivity index (χ0v) is 20.5. The minimum atomic E-state index is -0.0311. The molecule has 2 fully saturated rings. The van der Waals surface area contributed by atoms with Gasteiger partial charge in [-0.25, -0.2) is 4.98 Å². The second-order valence-electron chi connectivity index (χ2n) is 9.58. The van der Waals surface area contributed by atoms with E-state index in [2.05, 4.69) is 49.3 Å². The summed E-state index contributed by atoms with van der Waals surface area (Å²) in [4.78, 5) is 24.7. The van der Waals surface area contributed by atoms with Crippen LogP contribution >= 0.6 is 0 Å². The highest BCUT2D eigenvalue weighted by atomic mass is 16.1. The van der Waals surface area contributed by atoms with Crippen LogP contribution < -0.4 is 15.1 Å². The molecule has 1 aromatic heterocycles. The average molecular weight is 470 g/mol. The molecule has 1 N–H and O–H groups in total. The van der Waals surface area contributed by atoms with Crippen LogP contribution in [0.1, 0.15) is 41.7 Å². The van der Waals surface area contributed by atoms with Crippen LogP contribution in [0.15, 0.2) is 79.0 Å². The highest BCUT2D eigenvalue weighted by Gasteiger charge is 2.28. The number of rotatable bonds is 6. The minimum absolute atomic E-state index is 0.0202. The van der Waals surface area contributed by atoms with Crippen molar-refractivity contribution >= 4 is 17.4 Å². The van der Waals surface area contributed by atoms with Crippen LogP contribution in [0.3, 0.4) is 0 Å². The number of aromatic nitrogens is 1. The Hall–Kier alpha value is -3.38. The molecule has 35 heavy (non-hydrogen) atoms. The fourth-order valence-corrected chi connectivity index (χ4v) is 5.27. The van der Waals surface area contributed by atoms with E-state index in [-0.39, 0.29) is 11.9 Å². The normalized spacial score (nSPS) is 18.3. The van der Waals surface area contributed by atoms with Crippen molar-refractivity contribution in [3.63, 3.8) is 0 Å². The number of anilines is 2. The molecule has 3 heterocycles. The molecule has 0 aliphatic carbocycles. The summed E-state index contributed by atoms with van der Waals surface area (Å²) in [6.07, 6.45) is 4.24. The SMILES string of the molecule is C[C@@H](NC(=O)c1ccc(N2CCC(N3CCN(c4ccccn4)CC3)CC2)cc1)c1ccccc1. The van der Waals surface area contributed by atoms with Crippen LogP contribution in [0.25, 0.3) is 0 Å². The molecule has 2 aliphatic rings. The molecule has 0 unspecified atom stereocenters. The van der Waals surface area contributed by atoms with Crippen molar-refractivity contribution in [2.75, 3.05) is 49.1 Å². The van der Waals surface area contributed by atoms with Gasteiger partial charge in [-0.15, -0.1) is 0 Å². The Morgan fingerprint density at radius 3 is 2.17 bits per heavy atom. The first kappa shape index (κ1) is 23.4. The first-order valence-corrected chi connectivity index (χ1v) is 12.8. The van der Waals surface area contributed by atoms with Crippen molar-refractivity contribution in [3.05, 3.63) is 90.1 Å². The van der Waals surface area contributed by atoms with E-state index in [1.165, 1.54) is 18.5 Å². The Kier molecular flexibility index (Phi) is 7.28.